The number of aromatic nitrogens is 1. The number of carbonyl (C=O) groups excluding carboxylic acids is 3. The van der Waals surface area contributed by atoms with E-state index in [1.807, 2.05) is 48.5 Å². The first-order valence-corrected chi connectivity index (χ1v) is 11.3. The highest BCUT2D eigenvalue weighted by atomic mass is 32.2. The summed E-state index contributed by atoms with van der Waals surface area (Å²) in [5.74, 6) is 0.0955. The zero-order valence-corrected chi connectivity index (χ0v) is 18.1. The molecule has 2 rings (SSSR count). The van der Waals surface area contributed by atoms with Crippen molar-refractivity contribution in [1.29, 1.82) is 0 Å². The third-order valence-electron chi connectivity index (χ3n) is 4.40. The van der Waals surface area contributed by atoms with E-state index in [1.165, 1.54) is 11.8 Å². The van der Waals surface area contributed by atoms with Crippen molar-refractivity contribution in [2.24, 2.45) is 0 Å². The predicted octanol–water partition coefficient (Wildman–Crippen LogP) is 1.83. The maximum absolute atomic E-state index is 12.7. The molecule has 0 bridgehead atoms. The molecule has 0 saturated carbocycles. The smallest absolute Gasteiger partial charge is 0.243 e. The Morgan fingerprint density at radius 3 is 2.48 bits per heavy atom. The Hall–Kier alpha value is -2.91. The van der Waals surface area contributed by atoms with Crippen LogP contribution in [0.3, 0.4) is 0 Å². The minimum atomic E-state index is -0.684. The Morgan fingerprint density at radius 2 is 1.77 bits per heavy atom. The Morgan fingerprint density at radius 1 is 1.00 bits per heavy atom. The van der Waals surface area contributed by atoms with Crippen LogP contribution in [-0.4, -0.2) is 45.5 Å². The number of pyridine rings is 1. The monoisotopic (exact) mass is 444 g/mol. The first-order chi connectivity index (χ1) is 15.1. The number of thioether (sulfide) groups is 1. The van der Waals surface area contributed by atoms with Crippen molar-refractivity contribution in [3.05, 3.63) is 66.0 Å². The molecule has 0 unspecified atom stereocenters. The van der Waals surface area contributed by atoms with Gasteiger partial charge in [0.15, 0.2) is 0 Å². The highest BCUT2D eigenvalue weighted by Gasteiger charge is 2.20. The van der Waals surface area contributed by atoms with Gasteiger partial charge in [0.05, 0.1) is 0 Å². The molecular weight excluding hydrogens is 416 g/mol. The van der Waals surface area contributed by atoms with Gasteiger partial charge < -0.3 is 10.6 Å². The molecule has 0 fully saturated rings. The van der Waals surface area contributed by atoms with Crippen LogP contribution in [0.1, 0.15) is 30.5 Å². The van der Waals surface area contributed by atoms with Crippen LogP contribution >= 0.6 is 11.8 Å². The van der Waals surface area contributed by atoms with Gasteiger partial charge in [-0.05, 0) is 36.3 Å². The predicted molar refractivity (Wildman–Crippen MR) is 119 cm³/mol. The van der Waals surface area contributed by atoms with Gasteiger partial charge in [0, 0.05) is 37.0 Å². The lowest BCUT2D eigenvalue weighted by Gasteiger charge is -2.18. The van der Waals surface area contributed by atoms with Crippen LogP contribution in [0.4, 0.5) is 0 Å². The van der Waals surface area contributed by atoms with Crippen LogP contribution in [0.5, 0.6) is 0 Å². The van der Waals surface area contributed by atoms with E-state index in [-0.39, 0.29) is 24.7 Å². The molecule has 2 aromatic rings. The summed E-state index contributed by atoms with van der Waals surface area (Å²) in [5.41, 5.74) is 3.38. The third-order valence-corrected chi connectivity index (χ3v) is 5.54. The van der Waals surface area contributed by atoms with E-state index in [9.17, 15) is 14.4 Å². The molecule has 1 atom stereocenters. The standard InChI is InChI=1S/C22H28N4O4S/c27-20(12-11-18-9-4-5-13-23-18)25-19(16-31-14-6-10-21(28)26-30)22(29)24-15-17-7-2-1-3-8-17/h1-5,7-9,13,19,30H,6,10-12,14-16H2,(H,24,29)(H,25,27)(H,26,28)/t19-/m0/s1. The van der Waals surface area contributed by atoms with Crippen molar-refractivity contribution in [3.63, 3.8) is 0 Å². The Labute approximate surface area is 186 Å². The van der Waals surface area contributed by atoms with Gasteiger partial charge in [0.1, 0.15) is 6.04 Å². The molecule has 4 N–H and O–H groups in total. The van der Waals surface area contributed by atoms with E-state index in [1.54, 1.807) is 11.7 Å². The number of hydrogen-bond acceptors (Lipinski definition) is 6. The second kappa shape index (κ2) is 14.2. The van der Waals surface area contributed by atoms with E-state index >= 15 is 0 Å². The van der Waals surface area contributed by atoms with Crippen LogP contribution in [0.2, 0.25) is 0 Å². The van der Waals surface area contributed by atoms with Crippen LogP contribution in [0, 0.1) is 0 Å². The molecule has 0 aliphatic carbocycles. The molecule has 0 radical (unpaired) electrons. The zero-order valence-electron chi connectivity index (χ0n) is 17.3. The molecule has 3 amide bonds. The molecule has 1 aromatic carbocycles. The summed E-state index contributed by atoms with van der Waals surface area (Å²) in [7, 11) is 0. The fourth-order valence-electron chi connectivity index (χ4n) is 2.74. The fourth-order valence-corrected chi connectivity index (χ4v) is 3.72. The molecule has 9 heteroatoms. The average Bonchev–Trinajstić information content (AvgIpc) is 2.81. The first-order valence-electron chi connectivity index (χ1n) is 10.1. The Balaban J connectivity index is 1.84. The third kappa shape index (κ3) is 10.1. The van der Waals surface area contributed by atoms with Crippen LogP contribution in [-0.2, 0) is 27.3 Å². The molecule has 166 valence electrons. The van der Waals surface area contributed by atoms with E-state index in [4.69, 9.17) is 5.21 Å². The summed E-state index contributed by atoms with van der Waals surface area (Å²) in [6.45, 7) is 0.376. The van der Waals surface area contributed by atoms with Gasteiger partial charge in [-0.15, -0.1) is 0 Å². The normalized spacial score (nSPS) is 11.4. The minimum Gasteiger partial charge on any atom is -0.350 e. The number of nitrogens with one attached hydrogen (secondary N) is 3. The number of carbonyl (C=O) groups is 3. The van der Waals surface area contributed by atoms with E-state index in [2.05, 4.69) is 15.6 Å². The van der Waals surface area contributed by atoms with Gasteiger partial charge in [-0.2, -0.15) is 11.8 Å². The quantitative estimate of drug-likeness (QED) is 0.213. The van der Waals surface area contributed by atoms with Crippen molar-refractivity contribution in [1.82, 2.24) is 21.1 Å². The number of hydroxylamine groups is 1. The second-order valence-corrected chi connectivity index (χ2v) is 8.01. The summed E-state index contributed by atoms with van der Waals surface area (Å²) in [6, 6.07) is 14.4. The van der Waals surface area contributed by atoms with Crippen LogP contribution < -0.4 is 16.1 Å². The number of benzene rings is 1. The number of aryl methyl sites for hydroxylation is 1. The van der Waals surface area contributed by atoms with E-state index in [0.717, 1.165) is 11.3 Å². The number of rotatable bonds is 13. The van der Waals surface area contributed by atoms with E-state index < -0.39 is 11.9 Å². The SMILES string of the molecule is O=C(CCCSC[C@H](NC(=O)CCc1ccccn1)C(=O)NCc1ccccc1)NO. The van der Waals surface area contributed by atoms with Crippen molar-refractivity contribution >= 4 is 29.5 Å². The van der Waals surface area contributed by atoms with Gasteiger partial charge in [0.2, 0.25) is 17.7 Å². The molecule has 0 aliphatic rings. The highest BCUT2D eigenvalue weighted by Crippen LogP contribution is 2.08. The summed E-state index contributed by atoms with van der Waals surface area (Å²) in [6.07, 6.45) is 3.17. The van der Waals surface area contributed by atoms with Crippen LogP contribution in [0.15, 0.2) is 54.7 Å². The maximum Gasteiger partial charge on any atom is 0.243 e. The van der Waals surface area contributed by atoms with Gasteiger partial charge >= 0.3 is 0 Å². The lowest BCUT2D eigenvalue weighted by atomic mass is 10.2. The molecule has 0 saturated heterocycles. The second-order valence-electron chi connectivity index (χ2n) is 6.86. The zero-order chi connectivity index (χ0) is 22.3. The Bertz CT molecular complexity index is 821. The molecule has 8 nitrogen and oxygen atoms in total. The van der Waals surface area contributed by atoms with E-state index in [0.29, 0.717) is 30.9 Å². The van der Waals surface area contributed by atoms with Gasteiger partial charge in [0.25, 0.3) is 0 Å². The maximum atomic E-state index is 12.7. The molecule has 31 heavy (non-hydrogen) atoms. The topological polar surface area (TPSA) is 120 Å². The van der Waals surface area contributed by atoms with Crippen molar-refractivity contribution < 1.29 is 19.6 Å². The molecule has 0 aliphatic heterocycles. The highest BCUT2D eigenvalue weighted by molar-refractivity contribution is 7.99. The molecule has 1 heterocycles. The van der Waals surface area contributed by atoms with Crippen molar-refractivity contribution in [3.8, 4) is 0 Å². The lowest BCUT2D eigenvalue weighted by molar-refractivity contribution is -0.129. The van der Waals surface area contributed by atoms with Crippen molar-refractivity contribution in [2.45, 2.75) is 38.3 Å². The van der Waals surface area contributed by atoms with Crippen LogP contribution in [0.25, 0.3) is 0 Å². The lowest BCUT2D eigenvalue weighted by Crippen LogP contribution is -2.48. The summed E-state index contributed by atoms with van der Waals surface area (Å²) in [4.78, 5) is 40.4. The number of nitrogens with zero attached hydrogens (tertiary/aromatic N) is 1. The largest absolute Gasteiger partial charge is 0.350 e. The first kappa shape index (κ1) is 24.4. The minimum absolute atomic E-state index is 0.199. The summed E-state index contributed by atoms with van der Waals surface area (Å²) in [5, 5.41) is 14.2. The molecular formula is C22H28N4O4S. The van der Waals surface area contributed by atoms with Gasteiger partial charge in [-0.1, -0.05) is 36.4 Å². The van der Waals surface area contributed by atoms with Gasteiger partial charge in [-0.3, -0.25) is 24.6 Å². The summed E-state index contributed by atoms with van der Waals surface area (Å²) >= 11 is 1.47. The van der Waals surface area contributed by atoms with Gasteiger partial charge in [-0.25, -0.2) is 5.48 Å². The number of hydrogen-bond donors (Lipinski definition) is 4. The average molecular weight is 445 g/mol. The summed E-state index contributed by atoms with van der Waals surface area (Å²) < 4.78 is 0. The fraction of sp³-hybridized carbons (Fsp3) is 0.364. The molecule has 0 spiro atoms. The van der Waals surface area contributed by atoms with Crippen molar-refractivity contribution in [2.75, 3.05) is 11.5 Å². The number of amides is 3. The Kier molecular flexibility index (Phi) is 11.1. The molecule has 1 aromatic heterocycles.